The van der Waals surface area contributed by atoms with Crippen LogP contribution in [0.4, 0.5) is 5.69 Å². The van der Waals surface area contributed by atoms with Crippen LogP contribution in [0.5, 0.6) is 5.75 Å². The van der Waals surface area contributed by atoms with Crippen LogP contribution in [-0.2, 0) is 0 Å². The first kappa shape index (κ1) is 14.1. The second-order valence-electron chi connectivity index (χ2n) is 5.30. The van der Waals surface area contributed by atoms with Crippen molar-refractivity contribution in [3.05, 3.63) is 53.7 Å². The molecule has 0 aliphatic heterocycles. The number of hydrogen-bond acceptors (Lipinski definition) is 4. The maximum atomic E-state index is 5.87. The monoisotopic (exact) mass is 294 g/mol. The van der Waals surface area contributed by atoms with Crippen molar-refractivity contribution in [3.63, 3.8) is 0 Å². The van der Waals surface area contributed by atoms with Gasteiger partial charge in [0.25, 0.3) is 0 Å². The largest absolute Gasteiger partial charge is 0.496 e. The maximum absolute atomic E-state index is 5.87. The zero-order valence-electron chi connectivity index (χ0n) is 12.9. The molecule has 3 rings (SSSR count). The standard InChI is InChI=1S/C17H18N4O/c1-11-4-7-17(22-3)14(8-11)15-10-21(20-19-15)16-9-13(18)6-5-12(16)2/h4-10H,18H2,1-3H3. The minimum Gasteiger partial charge on any atom is -0.496 e. The van der Waals surface area contributed by atoms with Gasteiger partial charge in [-0.05, 0) is 43.7 Å². The van der Waals surface area contributed by atoms with E-state index in [0.29, 0.717) is 5.69 Å². The van der Waals surface area contributed by atoms with Crippen LogP contribution in [0.2, 0.25) is 0 Å². The average Bonchev–Trinajstić information content (AvgIpc) is 2.99. The van der Waals surface area contributed by atoms with Gasteiger partial charge in [0.15, 0.2) is 0 Å². The van der Waals surface area contributed by atoms with Gasteiger partial charge in [-0.2, -0.15) is 0 Å². The Morgan fingerprint density at radius 2 is 1.91 bits per heavy atom. The summed E-state index contributed by atoms with van der Waals surface area (Å²) in [7, 11) is 1.65. The van der Waals surface area contributed by atoms with Crippen LogP contribution in [0.3, 0.4) is 0 Å². The molecule has 5 nitrogen and oxygen atoms in total. The van der Waals surface area contributed by atoms with Gasteiger partial charge < -0.3 is 10.5 Å². The highest BCUT2D eigenvalue weighted by Crippen LogP contribution is 2.30. The van der Waals surface area contributed by atoms with Gasteiger partial charge in [-0.1, -0.05) is 22.9 Å². The van der Waals surface area contributed by atoms with Crippen LogP contribution < -0.4 is 10.5 Å². The summed E-state index contributed by atoms with van der Waals surface area (Å²) in [6.07, 6.45) is 1.89. The molecule has 0 spiro atoms. The first-order chi connectivity index (χ1) is 10.6. The molecule has 3 aromatic rings. The Balaban J connectivity index is 2.08. The molecule has 0 fully saturated rings. The number of nitrogens with two attached hydrogens (primary N) is 1. The van der Waals surface area contributed by atoms with Crippen LogP contribution in [0.1, 0.15) is 11.1 Å². The summed E-state index contributed by atoms with van der Waals surface area (Å²) in [5.74, 6) is 0.780. The third kappa shape index (κ3) is 2.53. The van der Waals surface area contributed by atoms with Crippen molar-refractivity contribution >= 4 is 5.69 Å². The molecule has 5 heteroatoms. The Morgan fingerprint density at radius 3 is 2.68 bits per heavy atom. The quantitative estimate of drug-likeness (QED) is 0.754. The lowest BCUT2D eigenvalue weighted by atomic mass is 10.1. The molecule has 0 saturated carbocycles. The van der Waals surface area contributed by atoms with Crippen molar-refractivity contribution in [2.75, 3.05) is 12.8 Å². The molecule has 22 heavy (non-hydrogen) atoms. The van der Waals surface area contributed by atoms with E-state index in [2.05, 4.69) is 10.3 Å². The highest BCUT2D eigenvalue weighted by molar-refractivity contribution is 5.67. The lowest BCUT2D eigenvalue weighted by Gasteiger charge is -2.07. The third-order valence-electron chi connectivity index (χ3n) is 3.60. The fraction of sp³-hybridized carbons (Fsp3) is 0.176. The number of aromatic nitrogens is 3. The van der Waals surface area contributed by atoms with Gasteiger partial charge in [0.2, 0.25) is 0 Å². The smallest absolute Gasteiger partial charge is 0.128 e. The topological polar surface area (TPSA) is 66.0 Å². The van der Waals surface area contributed by atoms with Crippen molar-refractivity contribution in [1.82, 2.24) is 15.0 Å². The number of rotatable bonds is 3. The molecular formula is C17H18N4O. The molecule has 0 unspecified atom stereocenters. The first-order valence-corrected chi connectivity index (χ1v) is 7.02. The van der Waals surface area contributed by atoms with Crippen LogP contribution in [0.25, 0.3) is 16.9 Å². The molecular weight excluding hydrogens is 276 g/mol. The minimum atomic E-state index is 0.700. The summed E-state index contributed by atoms with van der Waals surface area (Å²) >= 11 is 0. The summed E-state index contributed by atoms with van der Waals surface area (Å²) in [4.78, 5) is 0. The molecule has 1 aromatic heterocycles. The molecule has 0 amide bonds. The van der Waals surface area contributed by atoms with E-state index in [1.165, 1.54) is 0 Å². The number of hydrogen-bond donors (Lipinski definition) is 1. The molecule has 1 heterocycles. The van der Waals surface area contributed by atoms with E-state index < -0.39 is 0 Å². The SMILES string of the molecule is COc1ccc(C)cc1-c1cn(-c2cc(N)ccc2C)nn1. The number of benzene rings is 2. The normalized spacial score (nSPS) is 10.7. The highest BCUT2D eigenvalue weighted by Gasteiger charge is 2.12. The minimum absolute atomic E-state index is 0.700. The number of aryl methyl sites for hydroxylation is 2. The summed E-state index contributed by atoms with van der Waals surface area (Å²) in [6, 6.07) is 11.7. The van der Waals surface area contributed by atoms with E-state index in [4.69, 9.17) is 10.5 Å². The molecule has 2 N–H and O–H groups in total. The Kier molecular flexibility index (Phi) is 3.55. The fourth-order valence-corrected chi connectivity index (χ4v) is 2.40. The molecule has 112 valence electrons. The van der Waals surface area contributed by atoms with Gasteiger partial charge >= 0.3 is 0 Å². The Labute approximate surface area is 129 Å². The zero-order valence-corrected chi connectivity index (χ0v) is 12.9. The van der Waals surface area contributed by atoms with Gasteiger partial charge in [0.1, 0.15) is 11.4 Å². The number of ether oxygens (including phenoxy) is 1. The summed E-state index contributed by atoms with van der Waals surface area (Å²) < 4.78 is 7.15. The first-order valence-electron chi connectivity index (χ1n) is 7.02. The van der Waals surface area contributed by atoms with Gasteiger partial charge in [0, 0.05) is 11.3 Å². The van der Waals surface area contributed by atoms with Crippen molar-refractivity contribution in [2.24, 2.45) is 0 Å². The van der Waals surface area contributed by atoms with E-state index >= 15 is 0 Å². The fourth-order valence-electron chi connectivity index (χ4n) is 2.40. The zero-order chi connectivity index (χ0) is 15.7. The lowest BCUT2D eigenvalue weighted by molar-refractivity contribution is 0.416. The van der Waals surface area contributed by atoms with Crippen molar-refractivity contribution < 1.29 is 4.74 Å². The second kappa shape index (κ2) is 5.52. The molecule has 0 aliphatic carbocycles. The third-order valence-corrected chi connectivity index (χ3v) is 3.60. The van der Waals surface area contributed by atoms with E-state index in [1.54, 1.807) is 11.8 Å². The van der Waals surface area contributed by atoms with Crippen LogP contribution in [-0.4, -0.2) is 22.1 Å². The van der Waals surface area contributed by atoms with E-state index in [-0.39, 0.29) is 0 Å². The Morgan fingerprint density at radius 1 is 1.09 bits per heavy atom. The number of anilines is 1. The van der Waals surface area contributed by atoms with E-state index in [0.717, 1.165) is 33.8 Å². The van der Waals surface area contributed by atoms with Crippen molar-refractivity contribution in [2.45, 2.75) is 13.8 Å². The molecule has 0 radical (unpaired) electrons. The molecule has 2 aromatic carbocycles. The van der Waals surface area contributed by atoms with Crippen LogP contribution in [0.15, 0.2) is 42.6 Å². The number of nitrogen functional groups attached to an aromatic ring is 1. The summed E-state index contributed by atoms with van der Waals surface area (Å²) in [6.45, 7) is 4.05. The Bertz CT molecular complexity index is 823. The molecule has 0 aliphatic rings. The van der Waals surface area contributed by atoms with Crippen molar-refractivity contribution in [3.8, 4) is 22.7 Å². The number of nitrogens with zero attached hydrogens (tertiary/aromatic N) is 3. The second-order valence-corrected chi connectivity index (χ2v) is 5.30. The predicted molar refractivity (Wildman–Crippen MR) is 87.2 cm³/mol. The van der Waals surface area contributed by atoms with Crippen molar-refractivity contribution in [1.29, 1.82) is 0 Å². The van der Waals surface area contributed by atoms with Crippen LogP contribution in [0, 0.1) is 13.8 Å². The number of methoxy groups -OCH3 is 1. The summed E-state index contributed by atoms with van der Waals surface area (Å²) in [5.41, 5.74) is 11.4. The summed E-state index contributed by atoms with van der Waals surface area (Å²) in [5, 5.41) is 8.50. The van der Waals surface area contributed by atoms with Gasteiger partial charge in [-0.25, -0.2) is 4.68 Å². The maximum Gasteiger partial charge on any atom is 0.128 e. The van der Waals surface area contributed by atoms with E-state index in [1.807, 2.05) is 56.4 Å². The van der Waals surface area contributed by atoms with Crippen LogP contribution >= 0.6 is 0 Å². The van der Waals surface area contributed by atoms with Gasteiger partial charge in [0.05, 0.1) is 19.0 Å². The average molecular weight is 294 g/mol. The Hall–Kier alpha value is -2.82. The molecule has 0 atom stereocenters. The predicted octanol–water partition coefficient (Wildman–Crippen LogP) is 3.14. The van der Waals surface area contributed by atoms with E-state index in [9.17, 15) is 0 Å². The molecule has 0 saturated heterocycles. The lowest BCUT2D eigenvalue weighted by Crippen LogP contribution is -1.99. The van der Waals surface area contributed by atoms with Gasteiger partial charge in [-0.15, -0.1) is 5.10 Å². The molecule has 0 bridgehead atoms. The van der Waals surface area contributed by atoms with Gasteiger partial charge in [-0.3, -0.25) is 0 Å². The highest BCUT2D eigenvalue weighted by atomic mass is 16.5.